The lowest BCUT2D eigenvalue weighted by atomic mass is 10.0. The van der Waals surface area contributed by atoms with E-state index in [-0.39, 0.29) is 39.6 Å². The second kappa shape index (κ2) is 15.1. The molecule has 2 bridgehead atoms. The molecule has 18 heteroatoms. The molecule has 7 aromatic rings. The number of hydrogen-bond donors (Lipinski definition) is 0. The first-order chi connectivity index (χ1) is 29.2. The summed E-state index contributed by atoms with van der Waals surface area (Å²) in [4.78, 5) is 32.1. The van der Waals surface area contributed by atoms with Crippen molar-refractivity contribution in [3.05, 3.63) is 131 Å². The zero-order valence-corrected chi connectivity index (χ0v) is 30.6. The van der Waals surface area contributed by atoms with Crippen LogP contribution in [0.5, 0.6) is 0 Å². The number of alkyl halides is 6. The van der Waals surface area contributed by atoms with Crippen LogP contribution in [0.4, 0.5) is 39.5 Å². The van der Waals surface area contributed by atoms with Gasteiger partial charge in [0.25, 0.3) is 0 Å². The van der Waals surface area contributed by atoms with E-state index in [0.717, 1.165) is 40.5 Å². The normalized spacial score (nSPS) is 16.4. The van der Waals surface area contributed by atoms with E-state index in [1.54, 1.807) is 24.3 Å². The van der Waals surface area contributed by atoms with Crippen molar-refractivity contribution >= 4 is 44.5 Å². The lowest BCUT2D eigenvalue weighted by molar-refractivity contribution is -0.167. The van der Waals surface area contributed by atoms with Crippen LogP contribution in [-0.4, -0.2) is 39.9 Å². The molecule has 0 radical (unpaired) electrons. The quantitative estimate of drug-likeness (QED) is 0.0902. The molecule has 9 nitrogen and oxygen atoms in total. The van der Waals surface area contributed by atoms with Crippen molar-refractivity contribution in [1.82, 2.24) is 39.9 Å². The number of fused-ring (bicyclic) bond motifs is 10. The molecule has 0 N–H and O–H groups in total. The van der Waals surface area contributed by atoms with Crippen LogP contribution in [-0.2, 0) is 12.4 Å². The van der Waals surface area contributed by atoms with Crippen molar-refractivity contribution in [3.63, 3.8) is 0 Å². The molecule has 10 rings (SSSR count). The number of allylic oxidation sites excluding steroid dienone is 8. The minimum absolute atomic E-state index is 0.0953. The molecule has 0 amide bonds. The Labute approximate surface area is 337 Å². The summed E-state index contributed by atoms with van der Waals surface area (Å²) in [5, 5.41) is 11.1. The molecule has 0 fully saturated rings. The first-order valence-electron chi connectivity index (χ1n) is 17.7. The maximum Gasteiger partial charge on any atom is 0.435 e. The Morgan fingerprint density at radius 2 is 1.02 bits per heavy atom. The highest BCUT2D eigenvalue weighted by Crippen LogP contribution is 2.46. The minimum atomic E-state index is -5.34. The topological polar surface area (TPSA) is 127 Å². The van der Waals surface area contributed by atoms with Crippen LogP contribution >= 0.6 is 0 Å². The average molecular weight is 834 g/mol. The van der Waals surface area contributed by atoms with Gasteiger partial charge in [0.15, 0.2) is 57.1 Å². The number of terminal acetylenes is 1. The lowest BCUT2D eigenvalue weighted by Gasteiger charge is -2.14. The van der Waals surface area contributed by atoms with Crippen LogP contribution in [0.3, 0.4) is 0 Å². The van der Waals surface area contributed by atoms with Gasteiger partial charge in [-0.2, -0.15) is 31.6 Å². The summed E-state index contributed by atoms with van der Waals surface area (Å²) in [5.41, 5.74) is -0.564. The fourth-order valence-corrected chi connectivity index (χ4v) is 6.95. The van der Waals surface area contributed by atoms with E-state index in [1.807, 2.05) is 54.7 Å². The number of nitrogens with zero attached hydrogens (tertiary/aromatic N) is 9. The Bertz CT molecular complexity index is 3080. The molecule has 300 valence electrons. The van der Waals surface area contributed by atoms with Crippen molar-refractivity contribution in [2.75, 3.05) is 0 Å². The second-order valence-electron chi connectivity index (χ2n) is 13.2. The highest BCUT2D eigenvalue weighted by molar-refractivity contribution is 6.14. The highest BCUT2D eigenvalue weighted by Gasteiger charge is 2.47. The summed E-state index contributed by atoms with van der Waals surface area (Å²) in [6, 6.07) is 14.0. The van der Waals surface area contributed by atoms with Gasteiger partial charge in [-0.3, -0.25) is 0 Å². The largest absolute Gasteiger partial charge is 0.435 e. The summed E-state index contributed by atoms with van der Waals surface area (Å²) in [6.07, 6.45) is 10.6. The second-order valence-corrected chi connectivity index (χ2v) is 13.2. The van der Waals surface area contributed by atoms with E-state index in [2.05, 4.69) is 52.7 Å². The van der Waals surface area contributed by atoms with Gasteiger partial charge in [-0.25, -0.2) is 53.0 Å². The Morgan fingerprint density at radius 1 is 0.574 bits per heavy atom. The Kier molecular flexibility index (Phi) is 9.86. The molecule has 0 atom stereocenters. The fourth-order valence-electron chi connectivity index (χ4n) is 6.95. The molecule has 0 aliphatic heterocycles. The smallest absolute Gasteiger partial charge is 0.223 e. The monoisotopic (exact) mass is 833 g/mol. The Hall–Kier alpha value is -7.86. The maximum atomic E-state index is 13.7. The van der Waals surface area contributed by atoms with Crippen molar-refractivity contribution < 1.29 is 39.5 Å². The van der Waals surface area contributed by atoms with Crippen molar-refractivity contribution in [1.29, 1.82) is 5.26 Å². The predicted molar refractivity (Wildman–Crippen MR) is 206 cm³/mol. The van der Waals surface area contributed by atoms with Crippen LogP contribution in [0.25, 0.3) is 78.3 Å². The zero-order valence-electron chi connectivity index (χ0n) is 30.6. The molecule has 0 unspecified atom stereocenters. The Morgan fingerprint density at radius 3 is 1.49 bits per heavy atom. The number of rotatable bonds is 1. The average Bonchev–Trinajstić information content (AvgIpc) is 3.73. The SMILES string of the molecule is C#C.FC(F)(F)c1nc2nc3c(nc2nc1C(F)(F)F)-c1cccc2cccc-3c12.N#Cc1nc2nc3c(nc2nc1-c1cc(F)c(F)c(F)c1)/C1=C/C=C\C/C=C\C=C\3C1. The number of hydrogen-bond acceptors (Lipinski definition) is 9. The fraction of sp³-hybridized carbons (Fsp3) is 0.0930. The molecule has 3 aliphatic carbocycles. The molecule has 0 saturated carbocycles. The van der Waals surface area contributed by atoms with Crippen molar-refractivity contribution in [2.24, 2.45) is 0 Å². The van der Waals surface area contributed by atoms with Crippen LogP contribution in [0.1, 0.15) is 41.3 Å². The maximum absolute atomic E-state index is 13.7. The van der Waals surface area contributed by atoms with E-state index < -0.39 is 52.5 Å². The molecule has 3 aromatic carbocycles. The van der Waals surface area contributed by atoms with Crippen LogP contribution < -0.4 is 0 Å². The third-order valence-electron chi connectivity index (χ3n) is 9.48. The minimum Gasteiger partial charge on any atom is -0.223 e. The number of halogens is 9. The van der Waals surface area contributed by atoms with E-state index >= 15 is 0 Å². The van der Waals surface area contributed by atoms with Crippen LogP contribution in [0.2, 0.25) is 0 Å². The zero-order chi connectivity index (χ0) is 43.4. The number of nitriles is 1. The standard InChI is InChI=1S/C23H12F3N5.C18H6F6N4.C2H2/c24-15-9-14(10-16(25)18(15)26)19-17(11-27)28-22-23(29-19)31-21-13-7-5-3-1-2-4-6-12(8-13)20(21)30-22;19-17(20,21)13-14(18(22,23)24)28-16-15(27-13)25-11-8-5-1-3-7-4-2-6-9(10(7)8)12(11)26-16;1-2/h2-7,9-10H,1,8H2;1-6H;1-2H/b4-2-,5-3-,12-6+,13-7+;;. The van der Waals surface area contributed by atoms with Gasteiger partial charge < -0.3 is 0 Å². The summed E-state index contributed by atoms with van der Waals surface area (Å²) in [5.74, 6) is -4.36. The molecular weight excluding hydrogens is 814 g/mol. The van der Waals surface area contributed by atoms with Gasteiger partial charge in [-0.1, -0.05) is 72.9 Å². The van der Waals surface area contributed by atoms with E-state index in [9.17, 15) is 44.8 Å². The van der Waals surface area contributed by atoms with Gasteiger partial charge in [0.2, 0.25) is 0 Å². The van der Waals surface area contributed by atoms with Gasteiger partial charge in [0, 0.05) is 28.5 Å². The Balaban J connectivity index is 0.000000163. The molecule has 4 aromatic heterocycles. The molecule has 3 aliphatic rings. The number of benzene rings is 3. The third-order valence-corrected chi connectivity index (χ3v) is 9.48. The van der Waals surface area contributed by atoms with E-state index in [0.29, 0.717) is 28.9 Å². The van der Waals surface area contributed by atoms with Crippen LogP contribution in [0, 0.1) is 41.6 Å². The van der Waals surface area contributed by atoms with E-state index in [1.165, 1.54) is 0 Å². The van der Waals surface area contributed by atoms with Crippen molar-refractivity contribution in [3.8, 4) is 52.7 Å². The third kappa shape index (κ3) is 7.07. The molecule has 0 saturated heterocycles. The van der Waals surface area contributed by atoms with E-state index in [4.69, 9.17) is 0 Å². The molecular formula is C43H20F9N9. The lowest BCUT2D eigenvalue weighted by Crippen LogP contribution is -2.21. The van der Waals surface area contributed by atoms with Gasteiger partial charge in [0.05, 0.1) is 22.8 Å². The summed E-state index contributed by atoms with van der Waals surface area (Å²) in [7, 11) is 0. The number of aromatic nitrogens is 8. The first-order valence-corrected chi connectivity index (χ1v) is 17.7. The summed E-state index contributed by atoms with van der Waals surface area (Å²) >= 11 is 0. The highest BCUT2D eigenvalue weighted by atomic mass is 19.4. The summed E-state index contributed by atoms with van der Waals surface area (Å²) in [6.45, 7) is 0. The van der Waals surface area contributed by atoms with Gasteiger partial charge in [-0.15, -0.1) is 12.8 Å². The van der Waals surface area contributed by atoms with Gasteiger partial charge >= 0.3 is 12.4 Å². The molecule has 61 heavy (non-hydrogen) atoms. The molecule has 0 spiro atoms. The molecule has 4 heterocycles. The van der Waals surface area contributed by atoms with Crippen molar-refractivity contribution in [2.45, 2.75) is 25.2 Å². The first kappa shape index (κ1) is 39.9. The van der Waals surface area contributed by atoms with Gasteiger partial charge in [-0.05, 0) is 35.1 Å². The van der Waals surface area contributed by atoms with Gasteiger partial charge in [0.1, 0.15) is 11.8 Å². The predicted octanol–water partition coefficient (Wildman–Crippen LogP) is 10.6. The summed E-state index contributed by atoms with van der Waals surface area (Å²) < 4.78 is 120. The van der Waals surface area contributed by atoms with Crippen LogP contribution in [0.15, 0.2) is 85.0 Å².